The van der Waals surface area contributed by atoms with Crippen molar-refractivity contribution >= 4 is 0 Å². The summed E-state index contributed by atoms with van der Waals surface area (Å²) >= 11 is 0. The molecule has 1 rings (SSSR count). The SMILES string of the molecule is CCn1cc(CCN(C)CC(F)F)ccc1=O. The van der Waals surface area contributed by atoms with Gasteiger partial charge in [-0.25, -0.2) is 8.78 Å². The van der Waals surface area contributed by atoms with Crippen molar-refractivity contribution in [1.29, 1.82) is 0 Å². The second-order valence-electron chi connectivity index (χ2n) is 4.06. The molecule has 1 heterocycles. The lowest BCUT2D eigenvalue weighted by Crippen LogP contribution is -2.27. The van der Waals surface area contributed by atoms with Crippen LogP contribution in [0, 0.1) is 0 Å². The van der Waals surface area contributed by atoms with Gasteiger partial charge in [0.05, 0.1) is 6.54 Å². The summed E-state index contributed by atoms with van der Waals surface area (Å²) in [6.45, 7) is 2.87. The molecule has 5 heteroatoms. The number of pyridine rings is 1. The van der Waals surface area contributed by atoms with Gasteiger partial charge < -0.3 is 9.47 Å². The summed E-state index contributed by atoms with van der Waals surface area (Å²) in [7, 11) is 1.67. The summed E-state index contributed by atoms with van der Waals surface area (Å²) in [4.78, 5) is 12.9. The summed E-state index contributed by atoms with van der Waals surface area (Å²) in [6, 6.07) is 3.27. The number of hydrogen-bond donors (Lipinski definition) is 0. The van der Waals surface area contributed by atoms with Gasteiger partial charge in [0.25, 0.3) is 12.0 Å². The summed E-state index contributed by atoms with van der Waals surface area (Å²) in [5.41, 5.74) is 0.963. The van der Waals surface area contributed by atoms with E-state index in [1.165, 1.54) is 6.07 Å². The van der Waals surface area contributed by atoms with Gasteiger partial charge in [0.2, 0.25) is 0 Å². The number of halogens is 2. The summed E-state index contributed by atoms with van der Waals surface area (Å²) in [5, 5.41) is 0. The lowest BCUT2D eigenvalue weighted by molar-refractivity contribution is 0.101. The molecule has 0 bridgehead atoms. The molecule has 17 heavy (non-hydrogen) atoms. The van der Waals surface area contributed by atoms with E-state index in [1.807, 2.05) is 6.92 Å². The van der Waals surface area contributed by atoms with E-state index in [0.717, 1.165) is 5.56 Å². The van der Waals surface area contributed by atoms with Crippen molar-refractivity contribution in [3.8, 4) is 0 Å². The zero-order valence-electron chi connectivity index (χ0n) is 10.2. The standard InChI is InChI=1S/C12H18F2N2O/c1-3-16-8-10(4-5-12(16)17)6-7-15(2)9-11(13)14/h4-5,8,11H,3,6-7,9H2,1-2H3. The average molecular weight is 244 g/mol. The molecule has 0 fully saturated rings. The van der Waals surface area contributed by atoms with Crippen LogP contribution in [0.3, 0.4) is 0 Å². The van der Waals surface area contributed by atoms with Gasteiger partial charge in [0.1, 0.15) is 0 Å². The monoisotopic (exact) mass is 244 g/mol. The van der Waals surface area contributed by atoms with Crippen LogP contribution >= 0.6 is 0 Å². The lowest BCUT2D eigenvalue weighted by atomic mass is 10.2. The van der Waals surface area contributed by atoms with Crippen LogP contribution < -0.4 is 5.56 Å². The lowest BCUT2D eigenvalue weighted by Gasteiger charge is -2.16. The maximum atomic E-state index is 12.1. The zero-order chi connectivity index (χ0) is 12.8. The maximum Gasteiger partial charge on any atom is 0.251 e. The third-order valence-corrected chi connectivity index (χ3v) is 2.62. The number of hydrogen-bond acceptors (Lipinski definition) is 2. The second-order valence-corrected chi connectivity index (χ2v) is 4.06. The van der Waals surface area contributed by atoms with Crippen molar-refractivity contribution in [3.05, 3.63) is 34.2 Å². The third kappa shape index (κ3) is 4.65. The van der Waals surface area contributed by atoms with Crippen LogP contribution in [0.4, 0.5) is 8.78 Å². The Morgan fingerprint density at radius 2 is 2.12 bits per heavy atom. The fourth-order valence-electron chi connectivity index (χ4n) is 1.62. The second kappa shape index (κ2) is 6.49. The normalized spacial score (nSPS) is 11.4. The number of aryl methyl sites for hydroxylation is 1. The molecule has 96 valence electrons. The molecule has 0 amide bonds. The van der Waals surface area contributed by atoms with E-state index in [0.29, 0.717) is 19.5 Å². The molecule has 0 aliphatic carbocycles. The molecule has 0 aliphatic heterocycles. The molecule has 0 saturated heterocycles. The van der Waals surface area contributed by atoms with Gasteiger partial charge in [-0.2, -0.15) is 0 Å². The molecule has 1 aromatic heterocycles. The number of alkyl halides is 2. The summed E-state index contributed by atoms with van der Waals surface area (Å²) in [5.74, 6) is 0. The number of aromatic nitrogens is 1. The molecule has 0 aromatic carbocycles. The number of nitrogens with zero attached hydrogens (tertiary/aromatic N) is 2. The highest BCUT2D eigenvalue weighted by Gasteiger charge is 2.07. The van der Waals surface area contributed by atoms with Crippen molar-refractivity contribution in [2.45, 2.75) is 26.3 Å². The molecule has 0 spiro atoms. The highest BCUT2D eigenvalue weighted by Crippen LogP contribution is 2.01. The Morgan fingerprint density at radius 1 is 1.41 bits per heavy atom. The first kappa shape index (κ1) is 13.8. The predicted octanol–water partition coefficient (Wildman–Crippen LogP) is 1.61. The first-order valence-electron chi connectivity index (χ1n) is 5.69. The van der Waals surface area contributed by atoms with Crippen LogP contribution in [0.2, 0.25) is 0 Å². The summed E-state index contributed by atoms with van der Waals surface area (Å²) < 4.78 is 25.8. The van der Waals surface area contributed by atoms with Crippen molar-refractivity contribution in [3.63, 3.8) is 0 Å². The van der Waals surface area contributed by atoms with Crippen LogP contribution in [0.15, 0.2) is 23.1 Å². The zero-order valence-corrected chi connectivity index (χ0v) is 10.2. The molecule has 0 N–H and O–H groups in total. The van der Waals surface area contributed by atoms with Gasteiger partial charge in [-0.05, 0) is 26.0 Å². The van der Waals surface area contributed by atoms with Crippen LogP contribution in [-0.2, 0) is 13.0 Å². The van der Waals surface area contributed by atoms with Gasteiger partial charge in [-0.3, -0.25) is 4.79 Å². The van der Waals surface area contributed by atoms with Crippen molar-refractivity contribution < 1.29 is 8.78 Å². The van der Waals surface area contributed by atoms with E-state index in [1.54, 1.807) is 28.8 Å². The van der Waals surface area contributed by atoms with Crippen molar-refractivity contribution in [1.82, 2.24) is 9.47 Å². The minimum absolute atomic E-state index is 0.0304. The van der Waals surface area contributed by atoms with Gasteiger partial charge in [0, 0.05) is 25.4 Å². The van der Waals surface area contributed by atoms with E-state index in [2.05, 4.69) is 0 Å². The minimum Gasteiger partial charge on any atom is -0.316 e. The Hall–Kier alpha value is -1.23. The van der Waals surface area contributed by atoms with E-state index >= 15 is 0 Å². The first-order valence-corrected chi connectivity index (χ1v) is 5.69. The Bertz CT molecular complexity index is 404. The molecule has 3 nitrogen and oxygen atoms in total. The fourth-order valence-corrected chi connectivity index (χ4v) is 1.62. The van der Waals surface area contributed by atoms with Gasteiger partial charge in [-0.15, -0.1) is 0 Å². The molecule has 0 aliphatic rings. The van der Waals surface area contributed by atoms with Crippen molar-refractivity contribution in [2.24, 2.45) is 0 Å². The van der Waals surface area contributed by atoms with E-state index in [-0.39, 0.29) is 12.1 Å². The topological polar surface area (TPSA) is 25.2 Å². The Balaban J connectivity index is 2.55. The van der Waals surface area contributed by atoms with E-state index in [4.69, 9.17) is 0 Å². The smallest absolute Gasteiger partial charge is 0.251 e. The van der Waals surface area contributed by atoms with Crippen molar-refractivity contribution in [2.75, 3.05) is 20.1 Å². The summed E-state index contributed by atoms with van der Waals surface area (Å²) in [6.07, 6.45) is 0.159. The largest absolute Gasteiger partial charge is 0.316 e. The fraction of sp³-hybridized carbons (Fsp3) is 0.583. The van der Waals surface area contributed by atoms with Gasteiger partial charge in [-0.1, -0.05) is 6.07 Å². The van der Waals surface area contributed by atoms with E-state index < -0.39 is 6.43 Å². The Labute approximate surface area is 99.7 Å². The molecule has 0 saturated carbocycles. The third-order valence-electron chi connectivity index (χ3n) is 2.62. The number of rotatable bonds is 6. The van der Waals surface area contributed by atoms with Crippen LogP contribution in [0.5, 0.6) is 0 Å². The molecule has 0 unspecified atom stereocenters. The predicted molar refractivity (Wildman–Crippen MR) is 63.6 cm³/mol. The quantitative estimate of drug-likeness (QED) is 0.759. The van der Waals surface area contributed by atoms with Gasteiger partial charge >= 0.3 is 0 Å². The maximum absolute atomic E-state index is 12.1. The van der Waals surface area contributed by atoms with E-state index in [9.17, 15) is 13.6 Å². The molecule has 1 aromatic rings. The van der Waals surface area contributed by atoms with Crippen LogP contribution in [-0.4, -0.2) is 36.0 Å². The Kier molecular flexibility index (Phi) is 5.28. The number of likely N-dealkylation sites (N-methyl/N-ethyl adjacent to an activating group) is 1. The van der Waals surface area contributed by atoms with Gasteiger partial charge in [0.15, 0.2) is 0 Å². The minimum atomic E-state index is -2.30. The average Bonchev–Trinajstić information content (AvgIpc) is 2.27. The Morgan fingerprint density at radius 3 is 2.71 bits per heavy atom. The first-order chi connectivity index (χ1) is 8.02. The molecule has 0 atom stereocenters. The molecular formula is C12H18F2N2O. The molecular weight excluding hydrogens is 226 g/mol. The van der Waals surface area contributed by atoms with Crippen LogP contribution in [0.25, 0.3) is 0 Å². The van der Waals surface area contributed by atoms with Crippen LogP contribution in [0.1, 0.15) is 12.5 Å². The highest BCUT2D eigenvalue weighted by atomic mass is 19.3. The highest BCUT2D eigenvalue weighted by molar-refractivity contribution is 5.10. The molecule has 0 radical (unpaired) electrons.